The summed E-state index contributed by atoms with van der Waals surface area (Å²) in [5.74, 6) is -2.08. The van der Waals surface area contributed by atoms with Gasteiger partial charge in [-0.15, -0.1) is 0 Å². The Morgan fingerprint density at radius 2 is 1.59 bits per heavy atom. The van der Waals surface area contributed by atoms with Gasteiger partial charge in [-0.1, -0.05) is 18.2 Å². The highest BCUT2D eigenvalue weighted by Crippen LogP contribution is 2.27. The Labute approximate surface area is 194 Å². The Morgan fingerprint density at radius 3 is 2.29 bits per heavy atom. The predicted octanol–water partition coefficient (Wildman–Crippen LogP) is 2.94. The van der Waals surface area contributed by atoms with E-state index in [4.69, 9.17) is 9.47 Å². The second kappa shape index (κ2) is 11.8. The molecule has 3 amide bonds. The second-order valence-electron chi connectivity index (χ2n) is 6.77. The van der Waals surface area contributed by atoms with Crippen molar-refractivity contribution >= 4 is 35.3 Å². The highest BCUT2D eigenvalue weighted by Gasteiger charge is 2.13. The minimum Gasteiger partial charge on any atom is -0.493 e. The number of ether oxygens (including phenoxy) is 2. The van der Waals surface area contributed by atoms with Crippen LogP contribution in [-0.4, -0.2) is 37.7 Å². The van der Waals surface area contributed by atoms with E-state index in [9.17, 15) is 18.8 Å². The average Bonchev–Trinajstić information content (AvgIpc) is 2.85. The number of carbonyl (C=O) groups excluding carboxylic acids is 3. The first kappa shape index (κ1) is 23.9. The maximum atomic E-state index is 12.9. The molecule has 3 N–H and O–H groups in total. The van der Waals surface area contributed by atoms with Gasteiger partial charge in [0.25, 0.3) is 5.91 Å². The van der Waals surface area contributed by atoms with E-state index in [0.717, 1.165) is 12.1 Å². The standard InChI is InChI=1S/C24H21FN4O5/c1-33-21-13-16(7-12-20(21)34-15-22(30)27-18-5-3-2-4-6-18)14-26-29-24(32)23(31)28-19-10-8-17(25)9-11-19/h2-14H,15H2,1H3,(H,27,30)(H,28,31)(H,29,32)/b26-14-. The number of hydrazone groups is 1. The lowest BCUT2D eigenvalue weighted by Gasteiger charge is -2.11. The van der Waals surface area contributed by atoms with Crippen LogP contribution in [0.3, 0.4) is 0 Å². The lowest BCUT2D eigenvalue weighted by Crippen LogP contribution is -2.32. The number of para-hydroxylation sites is 1. The molecule has 0 radical (unpaired) electrons. The Hall–Kier alpha value is -4.73. The number of hydrogen-bond donors (Lipinski definition) is 3. The molecule has 9 nitrogen and oxygen atoms in total. The molecule has 3 rings (SSSR count). The summed E-state index contributed by atoms with van der Waals surface area (Å²) in [5.41, 5.74) is 3.56. The summed E-state index contributed by atoms with van der Waals surface area (Å²) in [6, 6.07) is 18.7. The van der Waals surface area contributed by atoms with E-state index in [2.05, 4.69) is 21.2 Å². The van der Waals surface area contributed by atoms with E-state index in [1.165, 1.54) is 25.5 Å². The molecule has 0 saturated heterocycles. The lowest BCUT2D eigenvalue weighted by atomic mass is 10.2. The molecule has 0 unspecified atom stereocenters. The van der Waals surface area contributed by atoms with Crippen LogP contribution < -0.4 is 25.5 Å². The van der Waals surface area contributed by atoms with Gasteiger partial charge in [0.1, 0.15) is 5.82 Å². The first-order valence-corrected chi connectivity index (χ1v) is 10.0. The van der Waals surface area contributed by atoms with Gasteiger partial charge in [0, 0.05) is 11.4 Å². The van der Waals surface area contributed by atoms with Crippen LogP contribution in [0.5, 0.6) is 11.5 Å². The zero-order valence-electron chi connectivity index (χ0n) is 18.1. The molecule has 0 bridgehead atoms. The third-order valence-corrected chi connectivity index (χ3v) is 4.29. The summed E-state index contributed by atoms with van der Waals surface area (Å²) >= 11 is 0. The van der Waals surface area contributed by atoms with Crippen molar-refractivity contribution in [2.75, 3.05) is 24.4 Å². The third kappa shape index (κ3) is 7.16. The molecule has 0 aliphatic heterocycles. The van der Waals surface area contributed by atoms with Crippen LogP contribution >= 0.6 is 0 Å². The van der Waals surface area contributed by atoms with Crippen LogP contribution in [0.15, 0.2) is 77.9 Å². The summed E-state index contributed by atoms with van der Waals surface area (Å²) in [6.45, 7) is -0.224. The maximum absolute atomic E-state index is 12.9. The first-order chi connectivity index (χ1) is 16.4. The number of nitrogens with zero attached hydrogens (tertiary/aromatic N) is 1. The Kier molecular flexibility index (Phi) is 8.28. The van der Waals surface area contributed by atoms with Gasteiger partial charge in [0.15, 0.2) is 18.1 Å². The number of benzene rings is 3. The van der Waals surface area contributed by atoms with Crippen LogP contribution in [0.25, 0.3) is 0 Å². The Morgan fingerprint density at radius 1 is 0.882 bits per heavy atom. The molecule has 0 aromatic heterocycles. The largest absolute Gasteiger partial charge is 0.493 e. The molecule has 3 aromatic rings. The van der Waals surface area contributed by atoms with Gasteiger partial charge in [0.2, 0.25) is 0 Å². The number of methoxy groups -OCH3 is 1. The fourth-order valence-electron chi connectivity index (χ4n) is 2.68. The SMILES string of the molecule is COc1cc(/C=N\NC(=O)C(=O)Nc2ccc(F)cc2)ccc1OCC(=O)Nc1ccccc1. The van der Waals surface area contributed by atoms with Crippen LogP contribution in [0.4, 0.5) is 15.8 Å². The van der Waals surface area contributed by atoms with E-state index in [1.807, 2.05) is 6.07 Å². The molecule has 174 valence electrons. The molecule has 0 heterocycles. The number of rotatable bonds is 8. The molecular weight excluding hydrogens is 443 g/mol. The minimum atomic E-state index is -1.00. The van der Waals surface area contributed by atoms with Gasteiger partial charge in [0.05, 0.1) is 13.3 Å². The molecule has 0 atom stereocenters. The van der Waals surface area contributed by atoms with Crippen molar-refractivity contribution in [3.05, 3.63) is 84.2 Å². The molecule has 10 heteroatoms. The molecule has 0 aliphatic rings. The number of hydrogen-bond acceptors (Lipinski definition) is 6. The topological polar surface area (TPSA) is 118 Å². The predicted molar refractivity (Wildman–Crippen MR) is 124 cm³/mol. The van der Waals surface area contributed by atoms with Gasteiger partial charge >= 0.3 is 11.8 Å². The Balaban J connectivity index is 1.51. The van der Waals surface area contributed by atoms with Crippen molar-refractivity contribution in [1.82, 2.24) is 5.43 Å². The van der Waals surface area contributed by atoms with Crippen LogP contribution in [0, 0.1) is 5.82 Å². The highest BCUT2D eigenvalue weighted by atomic mass is 19.1. The summed E-state index contributed by atoms with van der Waals surface area (Å²) in [7, 11) is 1.44. The van der Waals surface area contributed by atoms with Gasteiger partial charge in [-0.2, -0.15) is 5.10 Å². The van der Waals surface area contributed by atoms with Crippen LogP contribution in [0.2, 0.25) is 0 Å². The molecule has 3 aromatic carbocycles. The average molecular weight is 464 g/mol. The summed E-state index contributed by atoms with van der Waals surface area (Å²) in [4.78, 5) is 35.8. The number of nitrogens with one attached hydrogen (secondary N) is 3. The van der Waals surface area contributed by atoms with E-state index in [1.54, 1.807) is 42.5 Å². The monoisotopic (exact) mass is 464 g/mol. The second-order valence-corrected chi connectivity index (χ2v) is 6.77. The van der Waals surface area contributed by atoms with Crippen LogP contribution in [-0.2, 0) is 14.4 Å². The van der Waals surface area contributed by atoms with Gasteiger partial charge < -0.3 is 20.1 Å². The zero-order valence-corrected chi connectivity index (χ0v) is 18.1. The smallest absolute Gasteiger partial charge is 0.329 e. The molecule has 0 saturated carbocycles. The number of anilines is 2. The normalized spacial score (nSPS) is 10.4. The van der Waals surface area contributed by atoms with E-state index in [-0.39, 0.29) is 18.2 Å². The van der Waals surface area contributed by atoms with Gasteiger partial charge in [-0.25, -0.2) is 9.82 Å². The molecular formula is C24H21FN4O5. The quantitative estimate of drug-likeness (QED) is 0.269. The summed E-state index contributed by atoms with van der Waals surface area (Å²) in [5, 5.41) is 8.77. The Bertz CT molecular complexity index is 1180. The van der Waals surface area contributed by atoms with E-state index >= 15 is 0 Å². The molecule has 0 fully saturated rings. The van der Waals surface area contributed by atoms with Gasteiger partial charge in [-0.3, -0.25) is 14.4 Å². The molecule has 34 heavy (non-hydrogen) atoms. The zero-order chi connectivity index (χ0) is 24.3. The molecule has 0 spiro atoms. The number of halogens is 1. The van der Waals surface area contributed by atoms with Gasteiger partial charge in [-0.05, 0) is 60.2 Å². The summed E-state index contributed by atoms with van der Waals surface area (Å²) < 4.78 is 23.7. The number of carbonyl (C=O) groups is 3. The third-order valence-electron chi connectivity index (χ3n) is 4.29. The maximum Gasteiger partial charge on any atom is 0.329 e. The van der Waals surface area contributed by atoms with Crippen molar-refractivity contribution in [3.8, 4) is 11.5 Å². The summed E-state index contributed by atoms with van der Waals surface area (Å²) in [6.07, 6.45) is 1.30. The van der Waals surface area contributed by atoms with E-state index < -0.39 is 17.6 Å². The fraction of sp³-hybridized carbons (Fsp3) is 0.0833. The minimum absolute atomic E-state index is 0.224. The van der Waals surface area contributed by atoms with Crippen LogP contribution in [0.1, 0.15) is 5.56 Å². The van der Waals surface area contributed by atoms with Crippen molar-refractivity contribution in [2.45, 2.75) is 0 Å². The van der Waals surface area contributed by atoms with Crippen molar-refractivity contribution in [3.63, 3.8) is 0 Å². The number of amides is 3. The van der Waals surface area contributed by atoms with Crippen molar-refractivity contribution < 1.29 is 28.2 Å². The lowest BCUT2D eigenvalue weighted by molar-refractivity contribution is -0.136. The molecule has 0 aliphatic carbocycles. The fourth-order valence-corrected chi connectivity index (χ4v) is 2.68. The first-order valence-electron chi connectivity index (χ1n) is 10.0. The highest BCUT2D eigenvalue weighted by molar-refractivity contribution is 6.39. The van der Waals surface area contributed by atoms with Crippen molar-refractivity contribution in [2.24, 2.45) is 5.10 Å². The van der Waals surface area contributed by atoms with E-state index in [0.29, 0.717) is 22.7 Å². The van der Waals surface area contributed by atoms with Crippen molar-refractivity contribution in [1.29, 1.82) is 0 Å².